The van der Waals surface area contributed by atoms with Crippen molar-refractivity contribution in [3.8, 4) is 11.5 Å². The van der Waals surface area contributed by atoms with Gasteiger partial charge in [-0.2, -0.15) is 5.09 Å². The number of aryl methyl sites for hydroxylation is 1. The molecule has 0 amide bonds. The van der Waals surface area contributed by atoms with Gasteiger partial charge in [-0.05, 0) is 51.0 Å². The van der Waals surface area contributed by atoms with E-state index in [9.17, 15) is 24.3 Å². The van der Waals surface area contributed by atoms with E-state index >= 15 is 0 Å². The van der Waals surface area contributed by atoms with E-state index in [1.54, 1.807) is 38.1 Å². The van der Waals surface area contributed by atoms with Crippen molar-refractivity contribution in [2.45, 2.75) is 39.7 Å². The highest BCUT2D eigenvalue weighted by Gasteiger charge is 2.34. The number of ether oxygens (including phenoxy) is 2. The molecule has 12 heteroatoms. The van der Waals surface area contributed by atoms with Crippen LogP contribution in [0.4, 0.5) is 5.69 Å². The van der Waals surface area contributed by atoms with E-state index in [4.69, 9.17) is 18.5 Å². The van der Waals surface area contributed by atoms with Gasteiger partial charge in [0.1, 0.15) is 17.5 Å². The van der Waals surface area contributed by atoms with Crippen LogP contribution in [-0.2, 0) is 30.0 Å². The second-order valence-electron chi connectivity index (χ2n) is 6.95. The molecule has 0 saturated carbocycles. The first-order valence-corrected chi connectivity index (χ1v) is 12.1. The zero-order valence-electron chi connectivity index (χ0n) is 19.1. The van der Waals surface area contributed by atoms with Gasteiger partial charge >= 0.3 is 19.7 Å². The van der Waals surface area contributed by atoms with Crippen molar-refractivity contribution in [2.75, 3.05) is 13.2 Å². The number of para-hydroxylation sites is 1. The molecular weight excluding hydrogens is 467 g/mol. The summed E-state index contributed by atoms with van der Waals surface area (Å²) >= 11 is 0. The lowest BCUT2D eigenvalue weighted by molar-refractivity contribution is -0.384. The predicted molar refractivity (Wildman–Crippen MR) is 123 cm³/mol. The van der Waals surface area contributed by atoms with Gasteiger partial charge in [-0.15, -0.1) is 0 Å². The van der Waals surface area contributed by atoms with Gasteiger partial charge in [0.05, 0.1) is 18.1 Å². The van der Waals surface area contributed by atoms with Crippen molar-refractivity contribution < 1.29 is 37.6 Å². The molecule has 0 fully saturated rings. The molecule has 0 bridgehead atoms. The molecule has 0 aromatic heterocycles. The number of non-ortho nitro benzene ring substituents is 1. The molecule has 2 rings (SSSR count). The largest absolute Gasteiger partial charge is 0.513 e. The average Bonchev–Trinajstić information content (AvgIpc) is 2.79. The maximum absolute atomic E-state index is 13.7. The van der Waals surface area contributed by atoms with Crippen LogP contribution >= 0.6 is 7.75 Å². The molecule has 0 aliphatic rings. The van der Waals surface area contributed by atoms with Gasteiger partial charge in [0, 0.05) is 18.6 Å². The zero-order valence-corrected chi connectivity index (χ0v) is 20.0. The van der Waals surface area contributed by atoms with Gasteiger partial charge < -0.3 is 18.5 Å². The number of hydrogen-bond donors (Lipinski definition) is 1. The molecule has 1 N–H and O–H groups in total. The number of nitro benzene ring substituents is 1. The van der Waals surface area contributed by atoms with Crippen molar-refractivity contribution in [3.63, 3.8) is 0 Å². The third kappa shape index (κ3) is 8.17. The van der Waals surface area contributed by atoms with Gasteiger partial charge in [0.2, 0.25) is 0 Å². The van der Waals surface area contributed by atoms with Gasteiger partial charge in [-0.1, -0.05) is 18.2 Å². The summed E-state index contributed by atoms with van der Waals surface area (Å²) in [5.41, 5.74) is 0.383. The van der Waals surface area contributed by atoms with E-state index in [1.165, 1.54) is 31.2 Å². The number of carbonyl (C=O) groups is 2. The smallest absolute Gasteiger partial charge is 0.466 e. The van der Waals surface area contributed by atoms with Gasteiger partial charge in [-0.25, -0.2) is 4.57 Å². The van der Waals surface area contributed by atoms with Crippen molar-refractivity contribution in [1.29, 1.82) is 0 Å². The number of nitrogens with zero attached hydrogens (tertiary/aromatic N) is 1. The summed E-state index contributed by atoms with van der Waals surface area (Å²) in [4.78, 5) is 34.2. The summed E-state index contributed by atoms with van der Waals surface area (Å²) in [6, 6.07) is 10.4. The van der Waals surface area contributed by atoms with E-state index in [-0.39, 0.29) is 43.2 Å². The van der Waals surface area contributed by atoms with Crippen molar-refractivity contribution in [2.24, 2.45) is 0 Å². The Balaban J connectivity index is 2.31. The Morgan fingerprint density at radius 1 is 1.03 bits per heavy atom. The maximum Gasteiger partial charge on any atom is 0.513 e. The van der Waals surface area contributed by atoms with Crippen LogP contribution in [0.2, 0.25) is 0 Å². The first-order chi connectivity index (χ1) is 16.2. The second-order valence-corrected chi connectivity index (χ2v) is 8.56. The molecule has 0 saturated heterocycles. The van der Waals surface area contributed by atoms with Crippen LogP contribution in [0.25, 0.3) is 0 Å². The third-order valence-electron chi connectivity index (χ3n) is 4.36. The third-order valence-corrected chi connectivity index (χ3v) is 5.95. The van der Waals surface area contributed by atoms with E-state index in [2.05, 4.69) is 5.09 Å². The highest BCUT2D eigenvalue weighted by Crippen LogP contribution is 2.46. The number of hydrogen-bond acceptors (Lipinski definition) is 9. The van der Waals surface area contributed by atoms with Gasteiger partial charge in [0.15, 0.2) is 0 Å². The minimum Gasteiger partial charge on any atom is -0.466 e. The number of benzene rings is 2. The van der Waals surface area contributed by atoms with E-state index < -0.39 is 30.7 Å². The van der Waals surface area contributed by atoms with Crippen molar-refractivity contribution in [3.05, 3.63) is 64.2 Å². The molecule has 0 heterocycles. The van der Waals surface area contributed by atoms with Crippen molar-refractivity contribution >= 4 is 25.4 Å². The zero-order chi connectivity index (χ0) is 25.1. The molecule has 0 aliphatic carbocycles. The van der Waals surface area contributed by atoms with Crippen LogP contribution in [0, 0.1) is 10.1 Å². The molecule has 2 aromatic carbocycles. The minimum absolute atomic E-state index is 0.0153. The fourth-order valence-corrected chi connectivity index (χ4v) is 4.35. The lowest BCUT2D eigenvalue weighted by atomic mass is 10.1. The number of nitrogens with one attached hydrogen (secondary N) is 1. The Labute approximate surface area is 197 Å². The standard InChI is InChI=1S/C22H27N2O9P/c1-4-30-21(25)15-10-17-8-6-7-9-20(17)33-34(29,23-16(3)22(26)31-5-2)32-19-13-11-18(12-14-19)24(27)28/h6-9,11-14,16H,4-5,10,15H2,1-3H3,(H,23,29)/t16-,34-/m0/s1. The summed E-state index contributed by atoms with van der Waals surface area (Å²) in [5, 5.41) is 13.4. The summed E-state index contributed by atoms with van der Waals surface area (Å²) in [6.07, 6.45) is 0.328. The number of carbonyl (C=O) groups excluding carboxylic acids is 2. The Morgan fingerprint density at radius 2 is 1.68 bits per heavy atom. The molecule has 184 valence electrons. The Hall–Kier alpha value is -3.43. The average molecular weight is 494 g/mol. The molecule has 2 aromatic rings. The van der Waals surface area contributed by atoms with Crippen LogP contribution < -0.4 is 14.1 Å². The lowest BCUT2D eigenvalue weighted by Crippen LogP contribution is -2.35. The van der Waals surface area contributed by atoms with Gasteiger partial charge in [0.25, 0.3) is 5.69 Å². The number of esters is 2. The fraction of sp³-hybridized carbons (Fsp3) is 0.364. The van der Waals surface area contributed by atoms with Crippen LogP contribution in [0.15, 0.2) is 48.5 Å². The molecule has 34 heavy (non-hydrogen) atoms. The first-order valence-electron chi connectivity index (χ1n) is 10.6. The molecule has 0 radical (unpaired) electrons. The van der Waals surface area contributed by atoms with E-state index in [0.29, 0.717) is 5.56 Å². The van der Waals surface area contributed by atoms with Crippen LogP contribution in [-0.4, -0.2) is 36.1 Å². The maximum atomic E-state index is 13.7. The van der Waals surface area contributed by atoms with Gasteiger partial charge in [-0.3, -0.25) is 19.7 Å². The molecule has 0 spiro atoms. The topological polar surface area (TPSA) is 143 Å². The summed E-state index contributed by atoms with van der Waals surface area (Å²) in [5.74, 6) is -0.881. The Morgan fingerprint density at radius 3 is 2.29 bits per heavy atom. The molecule has 0 unspecified atom stereocenters. The quantitative estimate of drug-likeness (QED) is 0.186. The Bertz CT molecular complexity index is 1040. The number of nitro groups is 1. The number of rotatable bonds is 13. The van der Waals surface area contributed by atoms with E-state index in [0.717, 1.165) is 0 Å². The summed E-state index contributed by atoms with van der Waals surface area (Å²) in [6.45, 7) is 5.14. The summed E-state index contributed by atoms with van der Waals surface area (Å²) < 4.78 is 34.9. The molecule has 0 aliphatic heterocycles. The highest BCUT2D eigenvalue weighted by molar-refractivity contribution is 7.52. The molecular formula is C22H27N2O9P. The van der Waals surface area contributed by atoms with Crippen LogP contribution in [0.1, 0.15) is 32.8 Å². The highest BCUT2D eigenvalue weighted by atomic mass is 31.2. The Kier molecular flexibility index (Phi) is 10.0. The van der Waals surface area contributed by atoms with Crippen LogP contribution in [0.5, 0.6) is 11.5 Å². The van der Waals surface area contributed by atoms with E-state index in [1.807, 2.05) is 0 Å². The SMILES string of the molecule is CCOC(=O)CCc1ccccc1O[P@](=O)(N[C@@H](C)C(=O)OCC)Oc1ccc([N+](=O)[O-])cc1. The monoisotopic (exact) mass is 494 g/mol. The minimum atomic E-state index is -4.26. The summed E-state index contributed by atoms with van der Waals surface area (Å²) in [7, 11) is -4.26. The molecule has 11 nitrogen and oxygen atoms in total. The lowest BCUT2D eigenvalue weighted by Gasteiger charge is -2.24. The normalized spacial score (nSPS) is 13.3. The second kappa shape index (κ2) is 12.7. The van der Waals surface area contributed by atoms with Crippen LogP contribution in [0.3, 0.4) is 0 Å². The van der Waals surface area contributed by atoms with Crippen molar-refractivity contribution in [1.82, 2.24) is 5.09 Å². The predicted octanol–water partition coefficient (Wildman–Crippen LogP) is 4.20. The molecule has 2 atom stereocenters. The first kappa shape index (κ1) is 26.8. The fourth-order valence-electron chi connectivity index (χ4n) is 2.79.